The molecule has 2 aliphatic carbocycles. The number of hydrogen-bond acceptors (Lipinski definition) is 4. The molecule has 0 aliphatic heterocycles. The zero-order valence-corrected chi connectivity index (χ0v) is 15.1. The molecule has 27 heavy (non-hydrogen) atoms. The van der Waals surface area contributed by atoms with Crippen LogP contribution in [-0.2, 0) is 14.3 Å². The molecule has 5 nitrogen and oxygen atoms in total. The number of fused-ring (bicyclic) bond motifs is 3. The van der Waals surface area contributed by atoms with Crippen molar-refractivity contribution in [2.45, 2.75) is 37.6 Å². The minimum atomic E-state index is -1.63. The Morgan fingerprint density at radius 2 is 1.63 bits per heavy atom. The lowest BCUT2D eigenvalue weighted by atomic mass is 9.70. The molecular formula is C22H23NO4. The van der Waals surface area contributed by atoms with Crippen molar-refractivity contribution >= 4 is 11.9 Å². The summed E-state index contributed by atoms with van der Waals surface area (Å²) in [7, 11) is 0. The zero-order valence-electron chi connectivity index (χ0n) is 15.1. The second-order valence-corrected chi connectivity index (χ2v) is 7.45. The normalized spacial score (nSPS) is 24.1. The lowest BCUT2D eigenvalue weighted by Crippen LogP contribution is -2.55. The van der Waals surface area contributed by atoms with Crippen LogP contribution in [0.3, 0.4) is 0 Å². The maximum Gasteiger partial charge on any atom is 0.325 e. The third-order valence-electron chi connectivity index (χ3n) is 6.06. The van der Waals surface area contributed by atoms with E-state index in [-0.39, 0.29) is 18.9 Å². The largest absolute Gasteiger partial charge is 0.480 e. The van der Waals surface area contributed by atoms with Crippen LogP contribution < -0.4 is 5.73 Å². The van der Waals surface area contributed by atoms with Gasteiger partial charge in [-0.2, -0.15) is 0 Å². The van der Waals surface area contributed by atoms with E-state index in [1.165, 1.54) is 0 Å². The number of benzene rings is 2. The smallest absolute Gasteiger partial charge is 0.325 e. The maximum atomic E-state index is 12.9. The molecule has 4 rings (SSSR count). The molecule has 5 heteroatoms. The summed E-state index contributed by atoms with van der Waals surface area (Å²) in [6, 6.07) is 15.4. The van der Waals surface area contributed by atoms with Crippen LogP contribution in [0.5, 0.6) is 0 Å². The molecule has 2 atom stereocenters. The molecule has 0 bridgehead atoms. The summed E-state index contributed by atoms with van der Waals surface area (Å²) in [5.41, 5.74) is 8.91. The van der Waals surface area contributed by atoms with Crippen LogP contribution in [0.2, 0.25) is 0 Å². The monoisotopic (exact) mass is 365 g/mol. The number of carbonyl (C=O) groups is 2. The molecule has 3 N–H and O–H groups in total. The summed E-state index contributed by atoms with van der Waals surface area (Å²) >= 11 is 0. The minimum Gasteiger partial charge on any atom is -0.480 e. The fourth-order valence-electron chi connectivity index (χ4n) is 4.53. The van der Waals surface area contributed by atoms with Crippen LogP contribution in [0.1, 0.15) is 42.7 Å². The van der Waals surface area contributed by atoms with Gasteiger partial charge in [-0.1, -0.05) is 61.4 Å². The van der Waals surface area contributed by atoms with Gasteiger partial charge in [-0.3, -0.25) is 9.59 Å². The number of carboxylic acid groups (broad SMARTS) is 1. The fourth-order valence-corrected chi connectivity index (χ4v) is 4.53. The van der Waals surface area contributed by atoms with Gasteiger partial charge in [0.2, 0.25) is 0 Å². The predicted molar refractivity (Wildman–Crippen MR) is 101 cm³/mol. The molecule has 1 saturated carbocycles. The topological polar surface area (TPSA) is 89.6 Å². The summed E-state index contributed by atoms with van der Waals surface area (Å²) in [5, 5.41) is 9.76. The van der Waals surface area contributed by atoms with Crippen molar-refractivity contribution < 1.29 is 19.4 Å². The van der Waals surface area contributed by atoms with E-state index in [4.69, 9.17) is 10.5 Å². The van der Waals surface area contributed by atoms with Crippen molar-refractivity contribution in [1.82, 2.24) is 0 Å². The second kappa shape index (κ2) is 6.82. The Bertz CT molecular complexity index is 848. The predicted octanol–water partition coefficient (Wildman–Crippen LogP) is 3.31. The molecule has 140 valence electrons. The van der Waals surface area contributed by atoms with Gasteiger partial charge in [-0.15, -0.1) is 0 Å². The summed E-state index contributed by atoms with van der Waals surface area (Å²) in [4.78, 5) is 24.8. The molecule has 2 aliphatic rings. The van der Waals surface area contributed by atoms with E-state index in [1.54, 1.807) is 0 Å². The van der Waals surface area contributed by atoms with Crippen molar-refractivity contribution in [3.05, 3.63) is 59.7 Å². The van der Waals surface area contributed by atoms with Gasteiger partial charge < -0.3 is 15.6 Å². The number of ether oxygens (including phenoxy) is 1. The lowest BCUT2D eigenvalue weighted by Gasteiger charge is -2.36. The van der Waals surface area contributed by atoms with E-state index in [0.29, 0.717) is 12.8 Å². The van der Waals surface area contributed by atoms with Crippen LogP contribution in [0.15, 0.2) is 48.5 Å². The number of rotatable bonds is 4. The van der Waals surface area contributed by atoms with Crippen molar-refractivity contribution in [3.63, 3.8) is 0 Å². The highest BCUT2D eigenvalue weighted by Gasteiger charge is 2.53. The average Bonchev–Trinajstić information content (AvgIpc) is 3.00. The van der Waals surface area contributed by atoms with Gasteiger partial charge in [0.25, 0.3) is 0 Å². The third kappa shape index (κ3) is 2.73. The molecular weight excluding hydrogens is 342 g/mol. The van der Waals surface area contributed by atoms with E-state index in [2.05, 4.69) is 12.1 Å². The molecule has 0 amide bonds. The Kier molecular flexibility index (Phi) is 4.48. The SMILES string of the molecule is N[C@H]1CCCC[C@]1(C(=O)O)C(=O)OCC1c2ccccc2-c2ccccc21. The molecule has 1 fully saturated rings. The van der Waals surface area contributed by atoms with Gasteiger partial charge in [0.05, 0.1) is 0 Å². The van der Waals surface area contributed by atoms with Crippen LogP contribution in [0, 0.1) is 5.41 Å². The lowest BCUT2D eigenvalue weighted by molar-refractivity contribution is -0.173. The molecule has 0 unspecified atom stereocenters. The number of carbonyl (C=O) groups excluding carboxylic acids is 1. The zero-order chi connectivity index (χ0) is 19.0. The Morgan fingerprint density at radius 3 is 2.19 bits per heavy atom. The summed E-state index contributed by atoms with van der Waals surface area (Å²) in [5.74, 6) is -1.97. The quantitative estimate of drug-likeness (QED) is 0.641. The van der Waals surface area contributed by atoms with Crippen LogP contribution >= 0.6 is 0 Å². The third-order valence-corrected chi connectivity index (χ3v) is 6.06. The molecule has 2 aromatic carbocycles. The molecule has 2 aromatic rings. The highest BCUT2D eigenvalue weighted by molar-refractivity contribution is 6.00. The molecule has 0 saturated heterocycles. The van der Waals surface area contributed by atoms with Gasteiger partial charge in [0.15, 0.2) is 5.41 Å². The van der Waals surface area contributed by atoms with E-state index in [0.717, 1.165) is 28.7 Å². The van der Waals surface area contributed by atoms with E-state index in [1.807, 2.05) is 36.4 Å². The first-order chi connectivity index (χ1) is 13.1. The first-order valence-electron chi connectivity index (χ1n) is 9.40. The first kappa shape index (κ1) is 17.7. The fraction of sp³-hybridized carbons (Fsp3) is 0.364. The van der Waals surface area contributed by atoms with Gasteiger partial charge in [-0.05, 0) is 35.1 Å². The number of carboxylic acids is 1. The Morgan fingerprint density at radius 1 is 1.04 bits per heavy atom. The van der Waals surface area contributed by atoms with Gasteiger partial charge in [-0.25, -0.2) is 0 Å². The molecule has 0 aromatic heterocycles. The Hall–Kier alpha value is -2.66. The maximum absolute atomic E-state index is 12.9. The Balaban J connectivity index is 1.60. The highest BCUT2D eigenvalue weighted by Crippen LogP contribution is 2.45. The summed E-state index contributed by atoms with van der Waals surface area (Å²) in [6.45, 7) is 0.120. The standard InChI is InChI=1S/C22H23NO4/c23-19-11-5-6-12-22(19,20(24)25)21(26)27-13-18-16-9-3-1-7-14(16)15-8-2-4-10-17(15)18/h1-4,7-10,18-19H,5-6,11-13,23H2,(H,24,25)/t19-,22-/m0/s1. The molecule has 0 radical (unpaired) electrons. The van der Waals surface area contributed by atoms with Crippen LogP contribution in [0.4, 0.5) is 0 Å². The second-order valence-electron chi connectivity index (χ2n) is 7.45. The molecule has 0 heterocycles. The summed E-state index contributed by atoms with van der Waals surface area (Å²) in [6.07, 6.45) is 2.27. The van der Waals surface area contributed by atoms with Gasteiger partial charge in [0.1, 0.15) is 6.61 Å². The van der Waals surface area contributed by atoms with E-state index >= 15 is 0 Å². The van der Waals surface area contributed by atoms with Crippen LogP contribution in [-0.4, -0.2) is 29.7 Å². The number of nitrogens with two attached hydrogens (primary N) is 1. The van der Waals surface area contributed by atoms with Gasteiger partial charge in [0, 0.05) is 12.0 Å². The number of esters is 1. The van der Waals surface area contributed by atoms with Gasteiger partial charge >= 0.3 is 11.9 Å². The summed E-state index contributed by atoms with van der Waals surface area (Å²) < 4.78 is 5.61. The first-order valence-corrected chi connectivity index (χ1v) is 9.40. The Labute approximate surface area is 158 Å². The molecule has 0 spiro atoms. The van der Waals surface area contributed by atoms with Crippen molar-refractivity contribution in [2.24, 2.45) is 11.1 Å². The van der Waals surface area contributed by atoms with Crippen molar-refractivity contribution in [1.29, 1.82) is 0 Å². The minimum absolute atomic E-state index is 0.0907. The average molecular weight is 365 g/mol. The number of aliphatic carboxylic acids is 1. The number of hydrogen-bond donors (Lipinski definition) is 2. The van der Waals surface area contributed by atoms with E-state index in [9.17, 15) is 14.7 Å². The van der Waals surface area contributed by atoms with Crippen LogP contribution in [0.25, 0.3) is 11.1 Å². The highest BCUT2D eigenvalue weighted by atomic mass is 16.5. The van der Waals surface area contributed by atoms with Crippen molar-refractivity contribution in [3.8, 4) is 11.1 Å². The van der Waals surface area contributed by atoms with Crippen molar-refractivity contribution in [2.75, 3.05) is 6.61 Å². The van der Waals surface area contributed by atoms with E-state index < -0.39 is 23.4 Å².